The number of aromatic nitrogens is 2. The van der Waals surface area contributed by atoms with Gasteiger partial charge in [-0.25, -0.2) is 4.98 Å². The molecular weight excluding hydrogens is 342 g/mol. The smallest absolute Gasteiger partial charge is 0.276 e. The molecule has 1 N–H and O–H groups in total. The van der Waals surface area contributed by atoms with E-state index in [4.69, 9.17) is 0 Å². The van der Waals surface area contributed by atoms with Gasteiger partial charge in [-0.2, -0.15) is 0 Å². The van der Waals surface area contributed by atoms with Crippen LogP contribution in [0, 0.1) is 0 Å². The molecule has 0 spiro atoms. The molecule has 1 fully saturated rings. The van der Waals surface area contributed by atoms with Crippen LogP contribution in [0.2, 0.25) is 0 Å². The average molecular weight is 356 g/mol. The minimum Gasteiger partial charge on any atom is -0.320 e. The number of carbonyl (C=O) groups is 1. The topological polar surface area (TPSA) is 46.4 Å². The molecule has 4 rings (SSSR count). The number of nitrogens with one attached hydrogen (secondary N) is 1. The number of fused-ring (bicyclic) bond motifs is 1. The maximum absolute atomic E-state index is 12.6. The van der Waals surface area contributed by atoms with E-state index >= 15 is 0 Å². The molecule has 110 valence electrons. The molecular formula is C17H14BrN3O. The van der Waals surface area contributed by atoms with E-state index < -0.39 is 0 Å². The van der Waals surface area contributed by atoms with Gasteiger partial charge in [0.25, 0.3) is 5.91 Å². The number of hydrogen-bond donors (Lipinski definition) is 1. The number of carbonyl (C=O) groups excluding carboxylic acids is 1. The Bertz CT molecular complexity index is 867. The molecule has 1 aliphatic rings. The molecule has 0 aliphatic heterocycles. The molecule has 0 bridgehead atoms. The number of anilines is 1. The number of benzene rings is 1. The third-order valence-electron chi connectivity index (χ3n) is 3.86. The first-order valence-corrected chi connectivity index (χ1v) is 8.06. The van der Waals surface area contributed by atoms with Gasteiger partial charge in [-0.15, -0.1) is 0 Å². The van der Waals surface area contributed by atoms with E-state index in [2.05, 4.69) is 26.2 Å². The molecule has 0 unspecified atom stereocenters. The number of pyridine rings is 1. The summed E-state index contributed by atoms with van der Waals surface area (Å²) in [6.45, 7) is 0. The fraction of sp³-hybridized carbons (Fsp3) is 0.176. The van der Waals surface area contributed by atoms with Crippen LogP contribution in [0.3, 0.4) is 0 Å². The molecule has 4 nitrogen and oxygen atoms in total. The number of halogens is 1. The number of para-hydroxylation sites is 1. The molecule has 5 heteroatoms. The predicted molar refractivity (Wildman–Crippen MR) is 89.3 cm³/mol. The number of hydrogen-bond acceptors (Lipinski definition) is 2. The zero-order valence-electron chi connectivity index (χ0n) is 11.8. The Morgan fingerprint density at radius 1 is 1.18 bits per heavy atom. The van der Waals surface area contributed by atoms with E-state index in [1.807, 2.05) is 53.1 Å². The van der Waals surface area contributed by atoms with Gasteiger partial charge in [-0.05, 0) is 53.0 Å². The van der Waals surface area contributed by atoms with Crippen LogP contribution in [0.1, 0.15) is 35.1 Å². The second kappa shape index (κ2) is 5.25. The SMILES string of the molecule is O=C(Nc1ccccc1Br)c1nc(C2CC2)n2ccccc12. The van der Waals surface area contributed by atoms with Gasteiger partial charge in [0, 0.05) is 16.6 Å². The Labute approximate surface area is 136 Å². The second-order valence-electron chi connectivity index (χ2n) is 5.48. The Kier molecular flexibility index (Phi) is 3.22. The standard InChI is InChI=1S/C17H14BrN3O/c18-12-5-1-2-6-13(12)19-17(22)15-14-7-3-4-10-21(14)16(20-15)11-8-9-11/h1-7,10-11H,8-9H2,(H,19,22). The minimum absolute atomic E-state index is 0.178. The lowest BCUT2D eigenvalue weighted by molar-refractivity contribution is 0.102. The first-order chi connectivity index (χ1) is 10.7. The van der Waals surface area contributed by atoms with Crippen molar-refractivity contribution in [2.75, 3.05) is 5.32 Å². The Morgan fingerprint density at radius 2 is 1.95 bits per heavy atom. The first-order valence-electron chi connectivity index (χ1n) is 7.27. The zero-order chi connectivity index (χ0) is 15.1. The summed E-state index contributed by atoms with van der Waals surface area (Å²) in [4.78, 5) is 17.2. The van der Waals surface area contributed by atoms with Gasteiger partial charge >= 0.3 is 0 Å². The van der Waals surface area contributed by atoms with Crippen LogP contribution in [0.25, 0.3) is 5.52 Å². The lowest BCUT2D eigenvalue weighted by atomic mass is 10.3. The highest BCUT2D eigenvalue weighted by molar-refractivity contribution is 9.10. The Hall–Kier alpha value is -2.14. The lowest BCUT2D eigenvalue weighted by Crippen LogP contribution is -2.13. The lowest BCUT2D eigenvalue weighted by Gasteiger charge is -2.05. The molecule has 3 aromatic rings. The van der Waals surface area contributed by atoms with Crippen molar-refractivity contribution in [3.8, 4) is 0 Å². The third-order valence-corrected chi connectivity index (χ3v) is 4.55. The van der Waals surface area contributed by atoms with E-state index in [9.17, 15) is 4.79 Å². The normalized spacial score (nSPS) is 14.2. The second-order valence-corrected chi connectivity index (χ2v) is 6.34. The van der Waals surface area contributed by atoms with E-state index in [-0.39, 0.29) is 5.91 Å². The quantitative estimate of drug-likeness (QED) is 0.764. The van der Waals surface area contributed by atoms with Crippen molar-refractivity contribution in [1.82, 2.24) is 9.38 Å². The van der Waals surface area contributed by atoms with Crippen molar-refractivity contribution in [1.29, 1.82) is 0 Å². The number of nitrogens with zero attached hydrogens (tertiary/aromatic N) is 2. The van der Waals surface area contributed by atoms with E-state index in [0.717, 1.165) is 34.3 Å². The van der Waals surface area contributed by atoms with Crippen LogP contribution in [0.5, 0.6) is 0 Å². The van der Waals surface area contributed by atoms with Gasteiger partial charge < -0.3 is 9.72 Å². The summed E-state index contributed by atoms with van der Waals surface area (Å²) < 4.78 is 2.89. The molecule has 22 heavy (non-hydrogen) atoms. The number of rotatable bonds is 3. The molecule has 2 aromatic heterocycles. The molecule has 1 aromatic carbocycles. The third kappa shape index (κ3) is 2.31. The van der Waals surface area contributed by atoms with Gasteiger partial charge in [0.15, 0.2) is 5.69 Å². The number of imidazole rings is 1. The van der Waals surface area contributed by atoms with Crippen LogP contribution in [-0.2, 0) is 0 Å². The maximum Gasteiger partial charge on any atom is 0.276 e. The average Bonchev–Trinajstić information content (AvgIpc) is 3.30. The van der Waals surface area contributed by atoms with Crippen molar-refractivity contribution < 1.29 is 4.79 Å². The van der Waals surface area contributed by atoms with Crippen LogP contribution >= 0.6 is 15.9 Å². The fourth-order valence-corrected chi connectivity index (χ4v) is 2.99. The molecule has 1 amide bonds. The molecule has 2 heterocycles. The van der Waals surface area contributed by atoms with Crippen LogP contribution in [-0.4, -0.2) is 15.3 Å². The monoisotopic (exact) mass is 355 g/mol. The van der Waals surface area contributed by atoms with Gasteiger partial charge in [0.1, 0.15) is 5.82 Å². The summed E-state index contributed by atoms with van der Waals surface area (Å²) in [5.74, 6) is 1.30. The molecule has 1 saturated carbocycles. The Morgan fingerprint density at radius 3 is 2.73 bits per heavy atom. The summed E-state index contributed by atoms with van der Waals surface area (Å²) in [6.07, 6.45) is 4.28. The van der Waals surface area contributed by atoms with Gasteiger partial charge in [0.2, 0.25) is 0 Å². The highest BCUT2D eigenvalue weighted by Gasteiger charge is 2.30. The molecule has 0 radical (unpaired) electrons. The Balaban J connectivity index is 1.74. The van der Waals surface area contributed by atoms with Crippen LogP contribution < -0.4 is 5.32 Å². The maximum atomic E-state index is 12.6. The largest absolute Gasteiger partial charge is 0.320 e. The van der Waals surface area contributed by atoms with E-state index in [1.54, 1.807) is 0 Å². The summed E-state index contributed by atoms with van der Waals surface area (Å²) in [5.41, 5.74) is 2.09. The van der Waals surface area contributed by atoms with E-state index in [0.29, 0.717) is 11.6 Å². The van der Waals surface area contributed by atoms with Crippen LogP contribution in [0.15, 0.2) is 53.1 Å². The summed E-state index contributed by atoms with van der Waals surface area (Å²) >= 11 is 3.45. The van der Waals surface area contributed by atoms with Crippen molar-refractivity contribution in [2.45, 2.75) is 18.8 Å². The zero-order valence-corrected chi connectivity index (χ0v) is 13.4. The van der Waals surface area contributed by atoms with Crippen molar-refractivity contribution in [3.63, 3.8) is 0 Å². The van der Waals surface area contributed by atoms with Gasteiger partial charge in [-0.1, -0.05) is 18.2 Å². The van der Waals surface area contributed by atoms with Crippen LogP contribution in [0.4, 0.5) is 5.69 Å². The van der Waals surface area contributed by atoms with Gasteiger partial charge in [0.05, 0.1) is 11.2 Å². The molecule has 0 atom stereocenters. The molecule has 1 aliphatic carbocycles. The minimum atomic E-state index is -0.178. The molecule has 0 saturated heterocycles. The summed E-state index contributed by atoms with van der Waals surface area (Å²) in [7, 11) is 0. The highest BCUT2D eigenvalue weighted by atomic mass is 79.9. The summed E-state index contributed by atoms with van der Waals surface area (Å²) in [5, 5.41) is 2.93. The van der Waals surface area contributed by atoms with Gasteiger partial charge in [-0.3, -0.25) is 4.79 Å². The predicted octanol–water partition coefficient (Wildman–Crippen LogP) is 4.23. The van der Waals surface area contributed by atoms with Crippen molar-refractivity contribution in [2.24, 2.45) is 0 Å². The van der Waals surface area contributed by atoms with Crippen molar-refractivity contribution >= 4 is 33.0 Å². The van der Waals surface area contributed by atoms with E-state index in [1.165, 1.54) is 0 Å². The highest BCUT2D eigenvalue weighted by Crippen LogP contribution is 2.40. The number of amides is 1. The van der Waals surface area contributed by atoms with Crippen molar-refractivity contribution in [3.05, 3.63) is 64.7 Å². The fourth-order valence-electron chi connectivity index (χ4n) is 2.60. The summed E-state index contributed by atoms with van der Waals surface area (Å²) in [6, 6.07) is 13.4. The first kappa shape index (κ1) is 13.5.